The van der Waals surface area contributed by atoms with Gasteiger partial charge in [0.15, 0.2) is 17.2 Å². The van der Waals surface area contributed by atoms with Gasteiger partial charge < -0.3 is 4.74 Å². The predicted molar refractivity (Wildman–Crippen MR) is 106 cm³/mol. The maximum Gasteiger partial charge on any atom is 0.303 e. The highest BCUT2D eigenvalue weighted by Crippen LogP contribution is 2.67. The third-order valence-electron chi connectivity index (χ3n) is 8.84. The molecule has 4 heteroatoms. The Hall–Kier alpha value is -1.71. The summed E-state index contributed by atoms with van der Waals surface area (Å²) in [6, 6.07) is 0. The van der Waals surface area contributed by atoms with Gasteiger partial charge in [0.05, 0.1) is 0 Å². The summed E-state index contributed by atoms with van der Waals surface area (Å²) in [5.74, 6) is 1.03. The molecule has 0 aliphatic heterocycles. The van der Waals surface area contributed by atoms with E-state index in [4.69, 9.17) is 4.74 Å². The Morgan fingerprint density at radius 1 is 1.07 bits per heavy atom. The molecule has 0 N–H and O–H groups in total. The summed E-state index contributed by atoms with van der Waals surface area (Å²) in [5, 5.41) is 0. The molecular formula is C24H32O4. The van der Waals surface area contributed by atoms with Crippen molar-refractivity contribution in [2.24, 2.45) is 28.6 Å². The maximum absolute atomic E-state index is 12.8. The first kappa shape index (κ1) is 19.6. The summed E-state index contributed by atoms with van der Waals surface area (Å²) in [7, 11) is 0. The topological polar surface area (TPSA) is 60.4 Å². The van der Waals surface area contributed by atoms with Crippen LogP contribution in [-0.4, -0.2) is 23.1 Å². The van der Waals surface area contributed by atoms with E-state index in [1.807, 2.05) is 6.08 Å². The van der Waals surface area contributed by atoms with Crippen molar-refractivity contribution in [2.45, 2.75) is 78.7 Å². The van der Waals surface area contributed by atoms with Crippen LogP contribution >= 0.6 is 0 Å². The standard InChI is InChI=1S/C24H32O4/c1-14-12-18-19(22(4)9-6-17(27)13-21(14)22)7-10-23(5)20(18)8-11-24(23,15(2)25)28-16(3)26/h12-13,18-20H,6-11H2,1-5H3/t18-,19-,20+,22+,23+,24+/m1/s1. The first-order valence-corrected chi connectivity index (χ1v) is 10.7. The molecule has 28 heavy (non-hydrogen) atoms. The van der Waals surface area contributed by atoms with Crippen molar-refractivity contribution in [2.75, 3.05) is 0 Å². The van der Waals surface area contributed by atoms with E-state index in [9.17, 15) is 14.4 Å². The Morgan fingerprint density at radius 2 is 1.75 bits per heavy atom. The molecule has 0 unspecified atom stereocenters. The minimum absolute atomic E-state index is 0.0160. The van der Waals surface area contributed by atoms with Gasteiger partial charge in [0, 0.05) is 18.8 Å². The SMILES string of the molecule is CC(=O)O[C@]1(C(C)=O)CC[C@H]2[C@@H]3C=C(C)C4=CC(=O)CC[C@@]4(C)[C@@H]3CC[C@@]21C. The maximum atomic E-state index is 12.8. The van der Waals surface area contributed by atoms with Crippen LogP contribution in [0.15, 0.2) is 23.3 Å². The first-order chi connectivity index (χ1) is 13.0. The lowest BCUT2D eigenvalue weighted by Crippen LogP contribution is -2.58. The number of carbonyl (C=O) groups is 3. The van der Waals surface area contributed by atoms with Gasteiger partial charge in [-0.3, -0.25) is 14.4 Å². The first-order valence-electron chi connectivity index (χ1n) is 10.7. The number of esters is 1. The van der Waals surface area contributed by atoms with Gasteiger partial charge in [-0.25, -0.2) is 0 Å². The van der Waals surface area contributed by atoms with Crippen molar-refractivity contribution in [1.82, 2.24) is 0 Å². The molecule has 0 bridgehead atoms. The van der Waals surface area contributed by atoms with E-state index in [0.29, 0.717) is 30.6 Å². The van der Waals surface area contributed by atoms with Gasteiger partial charge >= 0.3 is 5.97 Å². The summed E-state index contributed by atoms with van der Waals surface area (Å²) in [4.78, 5) is 36.8. The molecule has 0 aromatic heterocycles. The average molecular weight is 385 g/mol. The van der Waals surface area contributed by atoms with Crippen molar-refractivity contribution in [3.8, 4) is 0 Å². The van der Waals surface area contributed by atoms with Crippen LogP contribution < -0.4 is 0 Å². The molecule has 0 heterocycles. The molecule has 4 rings (SSSR count). The van der Waals surface area contributed by atoms with Gasteiger partial charge in [-0.05, 0) is 80.8 Å². The minimum Gasteiger partial charge on any atom is -0.451 e. The average Bonchev–Trinajstić information content (AvgIpc) is 2.90. The molecular weight excluding hydrogens is 352 g/mol. The second-order valence-electron chi connectivity index (χ2n) is 10.1. The molecule has 152 valence electrons. The number of hydrogen-bond donors (Lipinski definition) is 0. The number of rotatable bonds is 2. The fourth-order valence-corrected chi connectivity index (χ4v) is 7.48. The molecule has 0 spiro atoms. The van der Waals surface area contributed by atoms with Crippen LogP contribution in [0.5, 0.6) is 0 Å². The quantitative estimate of drug-likeness (QED) is 0.654. The van der Waals surface area contributed by atoms with Crippen molar-refractivity contribution >= 4 is 17.5 Å². The molecule has 0 saturated heterocycles. The predicted octanol–water partition coefficient (Wildman–Crippen LogP) is 4.58. The van der Waals surface area contributed by atoms with Gasteiger partial charge in [-0.2, -0.15) is 0 Å². The summed E-state index contributed by atoms with van der Waals surface area (Å²) >= 11 is 0. The van der Waals surface area contributed by atoms with E-state index >= 15 is 0 Å². The van der Waals surface area contributed by atoms with Gasteiger partial charge in [0.25, 0.3) is 0 Å². The number of fused-ring (bicyclic) bond motifs is 5. The highest BCUT2D eigenvalue weighted by atomic mass is 16.6. The third kappa shape index (κ3) is 2.39. The Kier molecular flexibility index (Phi) is 4.30. The third-order valence-corrected chi connectivity index (χ3v) is 8.84. The smallest absolute Gasteiger partial charge is 0.303 e. The lowest BCUT2D eigenvalue weighted by molar-refractivity contribution is -0.185. The Balaban J connectivity index is 1.79. The van der Waals surface area contributed by atoms with Crippen LogP contribution in [0, 0.1) is 28.6 Å². The molecule has 4 aliphatic carbocycles. The molecule has 0 aromatic carbocycles. The largest absolute Gasteiger partial charge is 0.451 e. The zero-order chi connectivity index (χ0) is 20.5. The lowest BCUT2D eigenvalue weighted by atomic mass is 9.47. The number of Topliss-reactive ketones (excluding diaryl/α,β-unsaturated/α-hetero) is 1. The summed E-state index contributed by atoms with van der Waals surface area (Å²) < 4.78 is 5.82. The number of ketones is 2. The van der Waals surface area contributed by atoms with Crippen molar-refractivity contribution in [3.05, 3.63) is 23.3 Å². The van der Waals surface area contributed by atoms with E-state index in [1.54, 1.807) is 6.92 Å². The molecule has 4 nitrogen and oxygen atoms in total. The van der Waals surface area contributed by atoms with Crippen LogP contribution in [0.1, 0.15) is 73.1 Å². The Bertz CT molecular complexity index is 820. The highest BCUT2D eigenvalue weighted by Gasteiger charge is 2.67. The molecule has 2 saturated carbocycles. The molecule has 4 aliphatic rings. The summed E-state index contributed by atoms with van der Waals surface area (Å²) in [6.45, 7) is 9.63. The fourth-order valence-electron chi connectivity index (χ4n) is 7.48. The number of allylic oxidation sites excluding steroid dienone is 4. The summed E-state index contributed by atoms with van der Waals surface area (Å²) in [6.07, 6.45) is 9.20. The molecule has 0 aromatic rings. The molecule has 0 amide bonds. The monoisotopic (exact) mass is 384 g/mol. The van der Waals surface area contributed by atoms with Gasteiger partial charge in [-0.1, -0.05) is 25.5 Å². The van der Waals surface area contributed by atoms with Crippen LogP contribution in [0.3, 0.4) is 0 Å². The van der Waals surface area contributed by atoms with Crippen molar-refractivity contribution < 1.29 is 19.1 Å². The van der Waals surface area contributed by atoms with E-state index in [2.05, 4.69) is 26.8 Å². The van der Waals surface area contributed by atoms with E-state index in [1.165, 1.54) is 18.1 Å². The second-order valence-corrected chi connectivity index (χ2v) is 10.1. The van der Waals surface area contributed by atoms with E-state index in [-0.39, 0.29) is 28.4 Å². The number of hydrogen-bond acceptors (Lipinski definition) is 4. The fraction of sp³-hybridized carbons (Fsp3) is 0.708. The Morgan fingerprint density at radius 3 is 2.39 bits per heavy atom. The van der Waals surface area contributed by atoms with Gasteiger partial charge in [0.1, 0.15) is 0 Å². The Labute approximate surface area is 167 Å². The molecule has 2 fully saturated rings. The lowest BCUT2D eigenvalue weighted by Gasteiger charge is -2.58. The van der Waals surface area contributed by atoms with Crippen LogP contribution in [0.2, 0.25) is 0 Å². The number of carbonyl (C=O) groups excluding carboxylic acids is 3. The van der Waals surface area contributed by atoms with Crippen LogP contribution in [-0.2, 0) is 19.1 Å². The molecule has 0 radical (unpaired) electrons. The van der Waals surface area contributed by atoms with Gasteiger partial charge in [-0.15, -0.1) is 0 Å². The number of ether oxygens (including phenoxy) is 1. The van der Waals surface area contributed by atoms with E-state index < -0.39 is 5.60 Å². The minimum atomic E-state index is -0.990. The van der Waals surface area contributed by atoms with Crippen molar-refractivity contribution in [3.63, 3.8) is 0 Å². The highest BCUT2D eigenvalue weighted by molar-refractivity contribution is 5.92. The normalized spacial score (nSPS) is 44.6. The zero-order valence-electron chi connectivity index (χ0n) is 17.8. The van der Waals surface area contributed by atoms with Crippen LogP contribution in [0.4, 0.5) is 0 Å². The molecule has 6 atom stereocenters. The summed E-state index contributed by atoms with van der Waals surface area (Å²) in [5.41, 5.74) is 1.15. The zero-order valence-corrected chi connectivity index (χ0v) is 17.8. The van der Waals surface area contributed by atoms with E-state index in [0.717, 1.165) is 25.7 Å². The second kappa shape index (κ2) is 6.14. The van der Waals surface area contributed by atoms with Crippen molar-refractivity contribution in [1.29, 1.82) is 0 Å². The van der Waals surface area contributed by atoms with Crippen LogP contribution in [0.25, 0.3) is 0 Å². The van der Waals surface area contributed by atoms with Gasteiger partial charge in [0.2, 0.25) is 0 Å².